The maximum atomic E-state index is 12.4. The van der Waals surface area contributed by atoms with Crippen molar-refractivity contribution in [2.75, 3.05) is 20.8 Å². The third-order valence-corrected chi connectivity index (χ3v) is 4.37. The molecule has 5 heteroatoms. The first-order chi connectivity index (χ1) is 11.7. The highest BCUT2D eigenvalue weighted by Crippen LogP contribution is 2.31. The molecule has 3 rings (SSSR count). The Morgan fingerprint density at radius 2 is 1.96 bits per heavy atom. The second-order valence-corrected chi connectivity index (χ2v) is 6.03. The SMILES string of the molecule is COc1ccnc(CN2CC(Cc3ccccc3)CC2=O)c1OC. The van der Waals surface area contributed by atoms with Crippen molar-refractivity contribution in [2.24, 2.45) is 5.92 Å². The van der Waals surface area contributed by atoms with Gasteiger partial charge in [-0.15, -0.1) is 0 Å². The van der Waals surface area contributed by atoms with Gasteiger partial charge in [-0.3, -0.25) is 9.78 Å². The van der Waals surface area contributed by atoms with Crippen molar-refractivity contribution in [2.45, 2.75) is 19.4 Å². The van der Waals surface area contributed by atoms with Gasteiger partial charge in [0.05, 0.1) is 20.8 Å². The van der Waals surface area contributed by atoms with Crippen LogP contribution in [0.4, 0.5) is 0 Å². The van der Waals surface area contributed by atoms with Gasteiger partial charge in [0.2, 0.25) is 5.91 Å². The maximum absolute atomic E-state index is 12.4. The summed E-state index contributed by atoms with van der Waals surface area (Å²) in [5.74, 6) is 1.74. The van der Waals surface area contributed by atoms with Crippen molar-refractivity contribution in [1.29, 1.82) is 0 Å². The van der Waals surface area contributed by atoms with E-state index in [1.165, 1.54) is 5.56 Å². The van der Waals surface area contributed by atoms with Gasteiger partial charge in [0, 0.05) is 25.2 Å². The van der Waals surface area contributed by atoms with Gasteiger partial charge in [-0.25, -0.2) is 0 Å². The molecule has 1 aliphatic heterocycles. The first kappa shape index (κ1) is 16.3. The molecule has 1 unspecified atom stereocenters. The van der Waals surface area contributed by atoms with E-state index in [1.54, 1.807) is 26.5 Å². The molecule has 0 N–H and O–H groups in total. The van der Waals surface area contributed by atoms with E-state index in [9.17, 15) is 4.79 Å². The molecular formula is C19H22N2O3. The Kier molecular flexibility index (Phi) is 4.99. The molecule has 1 amide bonds. The van der Waals surface area contributed by atoms with E-state index in [0.717, 1.165) is 18.7 Å². The molecule has 24 heavy (non-hydrogen) atoms. The average molecular weight is 326 g/mol. The quantitative estimate of drug-likeness (QED) is 0.819. The molecule has 1 aliphatic rings. The topological polar surface area (TPSA) is 51.7 Å². The molecule has 1 saturated heterocycles. The van der Waals surface area contributed by atoms with Crippen LogP contribution in [0, 0.1) is 5.92 Å². The van der Waals surface area contributed by atoms with Gasteiger partial charge in [-0.1, -0.05) is 30.3 Å². The predicted octanol–water partition coefficient (Wildman–Crippen LogP) is 2.69. The molecule has 1 aromatic heterocycles. The van der Waals surface area contributed by atoms with Gasteiger partial charge in [-0.2, -0.15) is 0 Å². The smallest absolute Gasteiger partial charge is 0.223 e. The molecular weight excluding hydrogens is 304 g/mol. The van der Waals surface area contributed by atoms with Gasteiger partial charge in [0.1, 0.15) is 5.69 Å². The summed E-state index contributed by atoms with van der Waals surface area (Å²) in [5.41, 5.74) is 2.00. The zero-order valence-corrected chi connectivity index (χ0v) is 14.1. The number of carbonyl (C=O) groups is 1. The summed E-state index contributed by atoms with van der Waals surface area (Å²) in [6.45, 7) is 1.19. The van der Waals surface area contributed by atoms with Gasteiger partial charge in [0.15, 0.2) is 11.5 Å². The summed E-state index contributed by atoms with van der Waals surface area (Å²) >= 11 is 0. The zero-order valence-electron chi connectivity index (χ0n) is 14.1. The summed E-state index contributed by atoms with van der Waals surface area (Å²) in [5, 5.41) is 0. The number of hydrogen-bond acceptors (Lipinski definition) is 4. The number of aromatic nitrogens is 1. The van der Waals surface area contributed by atoms with Crippen molar-refractivity contribution in [3.8, 4) is 11.5 Å². The number of hydrogen-bond donors (Lipinski definition) is 0. The van der Waals surface area contributed by atoms with Gasteiger partial charge in [0.25, 0.3) is 0 Å². The number of carbonyl (C=O) groups excluding carboxylic acids is 1. The second kappa shape index (κ2) is 7.34. The fraction of sp³-hybridized carbons (Fsp3) is 0.368. The fourth-order valence-corrected chi connectivity index (χ4v) is 3.23. The van der Waals surface area contributed by atoms with Crippen molar-refractivity contribution >= 4 is 5.91 Å². The highest BCUT2D eigenvalue weighted by Gasteiger charge is 2.30. The molecule has 1 aromatic carbocycles. The van der Waals surface area contributed by atoms with Crippen LogP contribution in [0.1, 0.15) is 17.7 Å². The number of methoxy groups -OCH3 is 2. The van der Waals surface area contributed by atoms with E-state index < -0.39 is 0 Å². The lowest BCUT2D eigenvalue weighted by Gasteiger charge is -2.19. The lowest BCUT2D eigenvalue weighted by Crippen LogP contribution is -2.25. The van der Waals surface area contributed by atoms with Crippen LogP contribution in [-0.2, 0) is 17.8 Å². The Morgan fingerprint density at radius 1 is 1.17 bits per heavy atom. The maximum Gasteiger partial charge on any atom is 0.223 e. The summed E-state index contributed by atoms with van der Waals surface area (Å²) < 4.78 is 10.7. The first-order valence-corrected chi connectivity index (χ1v) is 8.08. The number of ether oxygens (including phenoxy) is 2. The lowest BCUT2D eigenvalue weighted by molar-refractivity contribution is -0.128. The van der Waals surface area contributed by atoms with E-state index in [1.807, 2.05) is 23.1 Å². The van der Waals surface area contributed by atoms with E-state index in [2.05, 4.69) is 17.1 Å². The van der Waals surface area contributed by atoms with Crippen molar-refractivity contribution in [1.82, 2.24) is 9.88 Å². The average Bonchev–Trinajstić information content (AvgIpc) is 2.94. The van der Waals surface area contributed by atoms with E-state index in [0.29, 0.717) is 30.4 Å². The molecule has 0 aliphatic carbocycles. The molecule has 0 bridgehead atoms. The van der Waals surface area contributed by atoms with Crippen LogP contribution in [0.3, 0.4) is 0 Å². The zero-order chi connectivity index (χ0) is 16.9. The Hall–Kier alpha value is -2.56. The molecule has 2 aromatic rings. The van der Waals surface area contributed by atoms with Crippen molar-refractivity contribution in [3.05, 3.63) is 53.9 Å². The molecule has 126 valence electrons. The molecule has 0 saturated carbocycles. The third-order valence-electron chi connectivity index (χ3n) is 4.37. The number of amides is 1. The third kappa shape index (κ3) is 3.50. The van der Waals surface area contributed by atoms with Crippen LogP contribution in [0.5, 0.6) is 11.5 Å². The number of nitrogens with zero attached hydrogens (tertiary/aromatic N) is 2. The minimum Gasteiger partial charge on any atom is -0.493 e. The minimum atomic E-state index is 0.169. The van der Waals surface area contributed by atoms with E-state index >= 15 is 0 Å². The Balaban J connectivity index is 1.69. The highest BCUT2D eigenvalue weighted by molar-refractivity contribution is 5.78. The van der Waals surface area contributed by atoms with Gasteiger partial charge >= 0.3 is 0 Å². The minimum absolute atomic E-state index is 0.169. The summed E-state index contributed by atoms with van der Waals surface area (Å²) in [7, 11) is 3.19. The largest absolute Gasteiger partial charge is 0.493 e. The standard InChI is InChI=1S/C19H22N2O3/c1-23-17-8-9-20-16(19(17)24-2)13-21-12-15(11-18(21)22)10-14-6-4-3-5-7-14/h3-9,15H,10-13H2,1-2H3. The van der Waals surface area contributed by atoms with Gasteiger partial charge < -0.3 is 14.4 Å². The molecule has 5 nitrogen and oxygen atoms in total. The Bertz CT molecular complexity index is 703. The summed E-state index contributed by atoms with van der Waals surface area (Å²) in [6, 6.07) is 12.1. The second-order valence-electron chi connectivity index (χ2n) is 6.03. The summed E-state index contributed by atoms with van der Waals surface area (Å²) in [4.78, 5) is 18.6. The summed E-state index contributed by atoms with van der Waals surface area (Å²) in [6.07, 6.45) is 3.19. The molecule has 0 radical (unpaired) electrons. The number of pyridine rings is 1. The van der Waals surface area contributed by atoms with E-state index in [4.69, 9.17) is 9.47 Å². The van der Waals surface area contributed by atoms with Crippen molar-refractivity contribution in [3.63, 3.8) is 0 Å². The van der Waals surface area contributed by atoms with Crippen LogP contribution in [-0.4, -0.2) is 36.6 Å². The number of benzene rings is 1. The molecule has 1 fully saturated rings. The number of rotatable bonds is 6. The Morgan fingerprint density at radius 3 is 2.67 bits per heavy atom. The van der Waals surface area contributed by atoms with Crippen LogP contribution >= 0.6 is 0 Å². The van der Waals surface area contributed by atoms with Crippen LogP contribution in [0.2, 0.25) is 0 Å². The molecule has 2 heterocycles. The van der Waals surface area contributed by atoms with Crippen LogP contribution in [0.25, 0.3) is 0 Å². The van der Waals surface area contributed by atoms with E-state index in [-0.39, 0.29) is 5.91 Å². The normalized spacial score (nSPS) is 17.2. The highest BCUT2D eigenvalue weighted by atomic mass is 16.5. The molecule has 1 atom stereocenters. The first-order valence-electron chi connectivity index (χ1n) is 8.08. The molecule has 0 spiro atoms. The van der Waals surface area contributed by atoms with Crippen LogP contribution in [0.15, 0.2) is 42.6 Å². The monoisotopic (exact) mass is 326 g/mol. The lowest BCUT2D eigenvalue weighted by atomic mass is 9.99. The van der Waals surface area contributed by atoms with Crippen molar-refractivity contribution < 1.29 is 14.3 Å². The fourth-order valence-electron chi connectivity index (χ4n) is 3.23. The Labute approximate surface area is 142 Å². The number of likely N-dealkylation sites (tertiary alicyclic amines) is 1. The predicted molar refractivity (Wildman–Crippen MR) is 91.0 cm³/mol. The van der Waals surface area contributed by atoms with Gasteiger partial charge in [-0.05, 0) is 17.9 Å². The van der Waals surface area contributed by atoms with Crippen LogP contribution < -0.4 is 9.47 Å².